The summed E-state index contributed by atoms with van der Waals surface area (Å²) in [5.41, 5.74) is 0.240. The molecule has 0 saturated carbocycles. The molecule has 0 spiro atoms. The predicted octanol–water partition coefficient (Wildman–Crippen LogP) is 2.29. The van der Waals surface area contributed by atoms with Gasteiger partial charge in [0.05, 0.1) is 17.5 Å². The van der Waals surface area contributed by atoms with Crippen LogP contribution in [0.3, 0.4) is 0 Å². The molecule has 0 aromatic heterocycles. The van der Waals surface area contributed by atoms with E-state index in [0.29, 0.717) is 17.7 Å². The van der Waals surface area contributed by atoms with Crippen LogP contribution in [0.4, 0.5) is 0 Å². The Morgan fingerprint density at radius 1 is 1.40 bits per heavy atom. The minimum Gasteiger partial charge on any atom is -0.379 e. The number of carbonyl (C=O) groups excluding carboxylic acids is 1. The summed E-state index contributed by atoms with van der Waals surface area (Å²) in [5.74, 6) is -0.344. The zero-order valence-corrected chi connectivity index (χ0v) is 13.6. The maximum atomic E-state index is 12.1. The highest BCUT2D eigenvalue weighted by Crippen LogP contribution is 2.22. The Balaban J connectivity index is 2.19. The third kappa shape index (κ3) is 4.18. The fourth-order valence-corrected chi connectivity index (χ4v) is 3.41. The average molecular weight is 383 g/mol. The molecule has 0 radical (unpaired) electrons. The van der Waals surface area contributed by atoms with E-state index in [1.165, 1.54) is 12.1 Å². The van der Waals surface area contributed by atoms with E-state index in [4.69, 9.17) is 15.4 Å². The highest BCUT2D eigenvalue weighted by molar-refractivity contribution is 9.10. The standard InChI is InChI=1S/C12H13BrClNO4S/c13-9-4-8(5-11(6-9)20(14,17)18)12(16)15-10-2-1-3-19-7-10/h4-6,10H,1-3,7H2,(H,15,16). The minimum atomic E-state index is -3.88. The van der Waals surface area contributed by atoms with E-state index < -0.39 is 9.05 Å². The van der Waals surface area contributed by atoms with Gasteiger partial charge >= 0.3 is 0 Å². The summed E-state index contributed by atoms with van der Waals surface area (Å²) >= 11 is 3.17. The lowest BCUT2D eigenvalue weighted by molar-refractivity contribution is 0.0624. The van der Waals surface area contributed by atoms with E-state index in [1.807, 2.05) is 0 Å². The summed E-state index contributed by atoms with van der Waals surface area (Å²) in [6.07, 6.45) is 1.74. The van der Waals surface area contributed by atoms with Gasteiger partial charge in [0.2, 0.25) is 0 Å². The molecule has 1 fully saturated rings. The molecule has 1 aliphatic rings. The van der Waals surface area contributed by atoms with Gasteiger partial charge in [0.1, 0.15) is 0 Å². The van der Waals surface area contributed by atoms with E-state index in [-0.39, 0.29) is 22.4 Å². The van der Waals surface area contributed by atoms with Crippen molar-refractivity contribution in [3.05, 3.63) is 28.2 Å². The maximum absolute atomic E-state index is 12.1. The van der Waals surface area contributed by atoms with Crippen molar-refractivity contribution in [1.82, 2.24) is 5.32 Å². The van der Waals surface area contributed by atoms with Gasteiger partial charge in [-0.2, -0.15) is 0 Å². The first-order valence-electron chi connectivity index (χ1n) is 6.00. The Hall–Kier alpha value is -0.630. The Labute approximate surface area is 130 Å². The Bertz CT molecular complexity index is 614. The Morgan fingerprint density at radius 2 is 2.15 bits per heavy atom. The van der Waals surface area contributed by atoms with Crippen molar-refractivity contribution in [3.63, 3.8) is 0 Å². The molecule has 1 aliphatic heterocycles. The van der Waals surface area contributed by atoms with Gasteiger partial charge in [0.25, 0.3) is 15.0 Å². The second kappa shape index (κ2) is 6.43. The number of benzene rings is 1. The number of hydrogen-bond acceptors (Lipinski definition) is 4. The normalized spacial score (nSPS) is 19.6. The van der Waals surface area contributed by atoms with Crippen LogP contribution in [-0.2, 0) is 13.8 Å². The summed E-state index contributed by atoms with van der Waals surface area (Å²) in [4.78, 5) is 12.0. The highest BCUT2D eigenvalue weighted by atomic mass is 79.9. The molecule has 0 bridgehead atoms. The molecule has 1 N–H and O–H groups in total. The lowest BCUT2D eigenvalue weighted by Gasteiger charge is -2.23. The van der Waals surface area contributed by atoms with Crippen LogP contribution in [0.25, 0.3) is 0 Å². The Morgan fingerprint density at radius 3 is 2.75 bits per heavy atom. The number of rotatable bonds is 3. The lowest BCUT2D eigenvalue weighted by Crippen LogP contribution is -2.40. The number of hydrogen-bond donors (Lipinski definition) is 1. The van der Waals surface area contributed by atoms with Crippen molar-refractivity contribution in [1.29, 1.82) is 0 Å². The number of carbonyl (C=O) groups is 1. The largest absolute Gasteiger partial charge is 0.379 e. The quantitative estimate of drug-likeness (QED) is 0.814. The van der Waals surface area contributed by atoms with E-state index in [0.717, 1.165) is 12.8 Å². The second-order valence-electron chi connectivity index (χ2n) is 4.50. The SMILES string of the molecule is O=C(NC1CCCOC1)c1cc(Br)cc(S(=O)(=O)Cl)c1. The van der Waals surface area contributed by atoms with Gasteiger partial charge in [-0.3, -0.25) is 4.79 Å². The van der Waals surface area contributed by atoms with E-state index in [9.17, 15) is 13.2 Å². The monoisotopic (exact) mass is 381 g/mol. The number of halogens is 2. The molecule has 1 heterocycles. The van der Waals surface area contributed by atoms with Crippen LogP contribution >= 0.6 is 26.6 Å². The predicted molar refractivity (Wildman–Crippen MR) is 78.5 cm³/mol. The van der Waals surface area contributed by atoms with Crippen LogP contribution in [0.15, 0.2) is 27.6 Å². The van der Waals surface area contributed by atoms with Crippen molar-refractivity contribution in [2.24, 2.45) is 0 Å². The second-order valence-corrected chi connectivity index (χ2v) is 7.98. The molecule has 1 aromatic rings. The van der Waals surface area contributed by atoms with Crippen molar-refractivity contribution in [2.45, 2.75) is 23.8 Å². The smallest absolute Gasteiger partial charge is 0.261 e. The van der Waals surface area contributed by atoms with Gasteiger partial charge in [0.15, 0.2) is 0 Å². The average Bonchev–Trinajstić information content (AvgIpc) is 2.38. The highest BCUT2D eigenvalue weighted by Gasteiger charge is 2.19. The summed E-state index contributed by atoms with van der Waals surface area (Å²) in [5, 5.41) is 2.82. The molecule has 1 aromatic carbocycles. The third-order valence-corrected chi connectivity index (χ3v) is 4.70. The van der Waals surface area contributed by atoms with E-state index in [2.05, 4.69) is 21.2 Å². The Kier molecular flexibility index (Phi) is 5.06. The molecule has 0 aliphatic carbocycles. The first-order valence-corrected chi connectivity index (χ1v) is 9.10. The molecular formula is C12H13BrClNO4S. The van der Waals surface area contributed by atoms with Crippen LogP contribution < -0.4 is 5.32 Å². The first-order chi connectivity index (χ1) is 9.36. The first kappa shape index (κ1) is 15.8. The van der Waals surface area contributed by atoms with Crippen LogP contribution in [0.2, 0.25) is 0 Å². The molecule has 110 valence electrons. The van der Waals surface area contributed by atoms with E-state index in [1.54, 1.807) is 6.07 Å². The molecule has 1 atom stereocenters. The summed E-state index contributed by atoms with van der Waals surface area (Å²) in [6, 6.07) is 4.10. The van der Waals surface area contributed by atoms with Gasteiger partial charge in [-0.05, 0) is 31.0 Å². The summed E-state index contributed by atoms with van der Waals surface area (Å²) in [7, 11) is 1.42. The third-order valence-electron chi connectivity index (χ3n) is 2.91. The topological polar surface area (TPSA) is 72.5 Å². The zero-order valence-electron chi connectivity index (χ0n) is 10.4. The molecule has 1 saturated heterocycles. The van der Waals surface area contributed by atoms with Crippen LogP contribution in [-0.4, -0.2) is 33.6 Å². The molecular weight excluding hydrogens is 370 g/mol. The number of nitrogens with one attached hydrogen (secondary N) is 1. The molecule has 5 nitrogen and oxygen atoms in total. The molecule has 8 heteroatoms. The molecule has 20 heavy (non-hydrogen) atoms. The van der Waals surface area contributed by atoms with Crippen molar-refractivity contribution < 1.29 is 17.9 Å². The minimum absolute atomic E-state index is 0.0497. The number of amides is 1. The summed E-state index contributed by atoms with van der Waals surface area (Å²) < 4.78 is 28.4. The molecule has 1 unspecified atom stereocenters. The van der Waals surface area contributed by atoms with Crippen molar-refractivity contribution in [3.8, 4) is 0 Å². The van der Waals surface area contributed by atoms with Gasteiger partial charge in [-0.25, -0.2) is 8.42 Å². The summed E-state index contributed by atoms with van der Waals surface area (Å²) in [6.45, 7) is 1.18. The van der Waals surface area contributed by atoms with Gasteiger partial charge in [0, 0.05) is 27.3 Å². The van der Waals surface area contributed by atoms with E-state index >= 15 is 0 Å². The van der Waals surface area contributed by atoms with Gasteiger partial charge in [-0.1, -0.05) is 15.9 Å². The lowest BCUT2D eigenvalue weighted by atomic mass is 10.1. The van der Waals surface area contributed by atoms with Crippen molar-refractivity contribution in [2.75, 3.05) is 13.2 Å². The fourth-order valence-electron chi connectivity index (χ4n) is 1.96. The fraction of sp³-hybridized carbons (Fsp3) is 0.417. The molecule has 2 rings (SSSR count). The maximum Gasteiger partial charge on any atom is 0.261 e. The van der Waals surface area contributed by atoms with Gasteiger partial charge < -0.3 is 10.1 Å². The van der Waals surface area contributed by atoms with Crippen LogP contribution in [0.1, 0.15) is 23.2 Å². The molecule has 1 amide bonds. The number of ether oxygens (including phenoxy) is 1. The van der Waals surface area contributed by atoms with Gasteiger partial charge in [-0.15, -0.1) is 0 Å². The van der Waals surface area contributed by atoms with Crippen LogP contribution in [0.5, 0.6) is 0 Å². The van der Waals surface area contributed by atoms with Crippen molar-refractivity contribution >= 4 is 41.6 Å². The zero-order chi connectivity index (χ0) is 14.8. The van der Waals surface area contributed by atoms with Crippen LogP contribution in [0, 0.1) is 0 Å².